The van der Waals surface area contributed by atoms with Crippen molar-refractivity contribution in [3.63, 3.8) is 0 Å². The smallest absolute Gasteiger partial charge is 0.417 e. The fourth-order valence-corrected chi connectivity index (χ4v) is 7.50. The summed E-state index contributed by atoms with van der Waals surface area (Å²) < 4.78 is 49.3. The van der Waals surface area contributed by atoms with Gasteiger partial charge in [0.2, 0.25) is 0 Å². The average Bonchev–Trinajstić information content (AvgIpc) is 3.36. The number of benzene rings is 1. The van der Waals surface area contributed by atoms with Gasteiger partial charge < -0.3 is 24.7 Å². The van der Waals surface area contributed by atoms with Gasteiger partial charge in [-0.15, -0.1) is 11.8 Å². The number of alkyl halides is 3. The van der Waals surface area contributed by atoms with Crippen LogP contribution in [0.3, 0.4) is 0 Å². The summed E-state index contributed by atoms with van der Waals surface area (Å²) in [4.78, 5) is 29.8. The zero-order chi connectivity index (χ0) is 31.4. The van der Waals surface area contributed by atoms with Crippen LogP contribution in [-0.2, 0) is 33.5 Å². The Bertz CT molecular complexity index is 1330. The number of thioether (sulfide) groups is 1. The van der Waals surface area contributed by atoms with E-state index in [0.717, 1.165) is 62.5 Å². The van der Waals surface area contributed by atoms with E-state index in [1.807, 2.05) is 0 Å². The SMILES string of the molecule is CC1c2c(-c3ccc(C(F)(F)F)c(SCCN4CCOCC4)c3)nn(CC(O)CN3CCCCC3)c2CCN1C(=O)C(=O)O. The fourth-order valence-electron chi connectivity index (χ4n) is 6.38. The van der Waals surface area contributed by atoms with Gasteiger partial charge in [-0.25, -0.2) is 4.79 Å². The summed E-state index contributed by atoms with van der Waals surface area (Å²) >= 11 is 1.14. The number of hydrogen-bond acceptors (Lipinski definition) is 8. The van der Waals surface area contributed by atoms with Gasteiger partial charge in [0.1, 0.15) is 0 Å². The van der Waals surface area contributed by atoms with Crippen LogP contribution in [0.2, 0.25) is 0 Å². The molecule has 0 aliphatic carbocycles. The van der Waals surface area contributed by atoms with Crippen molar-refractivity contribution in [1.29, 1.82) is 0 Å². The van der Waals surface area contributed by atoms with Crippen molar-refractivity contribution < 1.29 is 37.7 Å². The van der Waals surface area contributed by atoms with Crippen molar-refractivity contribution in [2.24, 2.45) is 0 Å². The zero-order valence-electron chi connectivity index (χ0n) is 24.9. The molecule has 2 saturated heterocycles. The van der Waals surface area contributed by atoms with Crippen LogP contribution in [0.4, 0.5) is 13.2 Å². The van der Waals surface area contributed by atoms with Gasteiger partial charge in [0.25, 0.3) is 0 Å². The number of aliphatic hydroxyl groups is 1. The van der Waals surface area contributed by atoms with Crippen molar-refractivity contribution >= 4 is 23.6 Å². The number of β-amino-alcohol motifs (C(OH)–C–C–N with tert-alkyl or cyclic N) is 1. The first-order valence-corrected chi connectivity index (χ1v) is 16.2. The highest BCUT2D eigenvalue weighted by Gasteiger charge is 2.38. The minimum atomic E-state index is -4.55. The van der Waals surface area contributed by atoms with Crippen molar-refractivity contribution in [2.75, 3.05) is 64.8 Å². The Hall–Kier alpha value is -2.65. The first-order valence-electron chi connectivity index (χ1n) is 15.2. The van der Waals surface area contributed by atoms with E-state index < -0.39 is 35.8 Å². The van der Waals surface area contributed by atoms with E-state index in [1.54, 1.807) is 11.6 Å². The van der Waals surface area contributed by atoms with E-state index in [9.17, 15) is 33.0 Å². The molecule has 3 aliphatic rings. The Morgan fingerprint density at radius 3 is 2.48 bits per heavy atom. The van der Waals surface area contributed by atoms with Crippen molar-refractivity contribution in [3.8, 4) is 11.3 Å². The summed E-state index contributed by atoms with van der Waals surface area (Å²) in [6.45, 7) is 7.67. The predicted octanol–water partition coefficient (Wildman–Crippen LogP) is 3.37. The first-order chi connectivity index (χ1) is 21.0. The molecule has 1 aromatic heterocycles. The number of piperidine rings is 1. The molecule has 3 aliphatic heterocycles. The highest BCUT2D eigenvalue weighted by molar-refractivity contribution is 7.99. The van der Waals surface area contributed by atoms with E-state index in [-0.39, 0.29) is 18.0 Å². The molecule has 242 valence electrons. The topological polar surface area (TPSA) is 111 Å². The van der Waals surface area contributed by atoms with E-state index in [0.29, 0.717) is 55.3 Å². The Morgan fingerprint density at radius 2 is 1.80 bits per heavy atom. The molecule has 0 spiro atoms. The van der Waals surface area contributed by atoms with Crippen LogP contribution in [-0.4, -0.2) is 117 Å². The summed E-state index contributed by atoms with van der Waals surface area (Å²) in [7, 11) is 0. The predicted molar refractivity (Wildman–Crippen MR) is 158 cm³/mol. The third-order valence-corrected chi connectivity index (χ3v) is 9.68. The second-order valence-electron chi connectivity index (χ2n) is 11.6. The molecule has 1 amide bonds. The van der Waals surface area contributed by atoms with Gasteiger partial charge in [0.05, 0.1) is 43.2 Å². The zero-order valence-corrected chi connectivity index (χ0v) is 25.7. The summed E-state index contributed by atoms with van der Waals surface area (Å²) in [5, 5.41) is 25.2. The molecular weight excluding hydrogens is 599 g/mol. The van der Waals surface area contributed by atoms with E-state index in [1.165, 1.54) is 23.5 Å². The number of aliphatic hydroxyl groups excluding tert-OH is 1. The maximum atomic E-state index is 14.1. The Labute approximate surface area is 259 Å². The number of aromatic nitrogens is 2. The number of amides is 1. The van der Waals surface area contributed by atoms with Crippen LogP contribution >= 0.6 is 11.8 Å². The molecule has 0 bridgehead atoms. The minimum Gasteiger partial charge on any atom is -0.474 e. The molecule has 1 aromatic carbocycles. The molecular formula is C30H40F3N5O5S. The standard InChI is InChI=1S/C30H40F3N5O5S/c1-20-26-24(7-10-37(20)28(40)29(41)42)38(19-22(39)18-36-8-3-2-4-9-36)34-27(26)21-5-6-23(30(31,32)33)25(17-21)44-16-13-35-11-14-43-15-12-35/h5-6,17,20,22,39H,2-4,7-16,18-19H2,1H3,(H,41,42). The Morgan fingerprint density at radius 1 is 1.07 bits per heavy atom. The summed E-state index contributed by atoms with van der Waals surface area (Å²) in [5.74, 6) is -2.16. The molecule has 2 aromatic rings. The van der Waals surface area contributed by atoms with Crippen molar-refractivity contribution in [2.45, 2.75) is 62.4 Å². The molecule has 5 rings (SSSR count). The third-order valence-electron chi connectivity index (χ3n) is 8.65. The van der Waals surface area contributed by atoms with Gasteiger partial charge in [-0.05, 0) is 45.0 Å². The number of nitrogens with zero attached hydrogens (tertiary/aromatic N) is 5. The fraction of sp³-hybridized carbons (Fsp3) is 0.633. The Kier molecular flexibility index (Phi) is 10.6. The van der Waals surface area contributed by atoms with Crippen LogP contribution in [0, 0.1) is 0 Å². The lowest BCUT2D eigenvalue weighted by Gasteiger charge is -2.33. The number of halogens is 3. The number of hydrogen-bond donors (Lipinski definition) is 2. The monoisotopic (exact) mass is 639 g/mol. The van der Waals surface area contributed by atoms with Gasteiger partial charge >= 0.3 is 18.1 Å². The van der Waals surface area contributed by atoms with Gasteiger partial charge in [-0.1, -0.05) is 12.5 Å². The number of carbonyl (C=O) groups excluding carboxylic acids is 1. The number of ether oxygens (including phenoxy) is 1. The third kappa shape index (κ3) is 7.58. The molecule has 10 nitrogen and oxygen atoms in total. The maximum Gasteiger partial charge on any atom is 0.417 e. The van der Waals surface area contributed by atoms with E-state index in [4.69, 9.17) is 9.84 Å². The van der Waals surface area contributed by atoms with Crippen molar-refractivity contribution in [1.82, 2.24) is 24.5 Å². The number of morpholine rings is 1. The largest absolute Gasteiger partial charge is 0.474 e. The molecule has 2 fully saturated rings. The second kappa shape index (κ2) is 14.2. The van der Waals surface area contributed by atoms with E-state index >= 15 is 0 Å². The summed E-state index contributed by atoms with van der Waals surface area (Å²) in [6.07, 6.45) is -1.62. The quantitative estimate of drug-likeness (QED) is 0.315. The van der Waals surface area contributed by atoms with Gasteiger partial charge in [0.15, 0.2) is 0 Å². The molecule has 14 heteroatoms. The van der Waals surface area contributed by atoms with E-state index in [2.05, 4.69) is 9.80 Å². The number of likely N-dealkylation sites (tertiary alicyclic amines) is 1. The molecule has 2 N–H and O–H groups in total. The van der Waals surface area contributed by atoms with Crippen LogP contribution in [0.5, 0.6) is 0 Å². The van der Waals surface area contributed by atoms with Gasteiger partial charge in [-0.3, -0.25) is 14.4 Å². The number of rotatable bonds is 9. The van der Waals surface area contributed by atoms with Crippen LogP contribution < -0.4 is 0 Å². The summed E-state index contributed by atoms with van der Waals surface area (Å²) in [5.41, 5.74) is 1.46. The molecule has 0 radical (unpaired) electrons. The molecule has 44 heavy (non-hydrogen) atoms. The molecule has 4 heterocycles. The lowest BCUT2D eigenvalue weighted by Crippen LogP contribution is -2.43. The number of carbonyl (C=O) groups is 2. The lowest BCUT2D eigenvalue weighted by molar-refractivity contribution is -0.157. The second-order valence-corrected chi connectivity index (χ2v) is 12.8. The minimum absolute atomic E-state index is 0.0821. The van der Waals surface area contributed by atoms with Crippen LogP contribution in [0.1, 0.15) is 49.0 Å². The number of carboxylic acids is 1. The highest BCUT2D eigenvalue weighted by Crippen LogP contribution is 2.42. The molecule has 2 unspecified atom stereocenters. The lowest BCUT2D eigenvalue weighted by atomic mass is 9.94. The summed E-state index contributed by atoms with van der Waals surface area (Å²) in [6, 6.07) is 3.27. The maximum absolute atomic E-state index is 14.1. The number of aliphatic carboxylic acids is 1. The number of carboxylic acid groups (broad SMARTS) is 1. The van der Waals surface area contributed by atoms with Gasteiger partial charge in [-0.2, -0.15) is 18.3 Å². The van der Waals surface area contributed by atoms with Crippen LogP contribution in [0.25, 0.3) is 11.3 Å². The molecule has 0 saturated carbocycles. The van der Waals surface area contributed by atoms with Gasteiger partial charge in [0, 0.05) is 66.6 Å². The van der Waals surface area contributed by atoms with Crippen LogP contribution in [0.15, 0.2) is 23.1 Å². The normalized spacial score (nSPS) is 20.8. The van der Waals surface area contributed by atoms with Crippen molar-refractivity contribution in [3.05, 3.63) is 35.0 Å². The molecule has 2 atom stereocenters. The highest BCUT2D eigenvalue weighted by atomic mass is 32.2. The number of fused-ring (bicyclic) bond motifs is 1. The first kappa shape index (κ1) is 32.7. The average molecular weight is 640 g/mol. The Balaban J connectivity index is 1.47.